The third-order valence-electron chi connectivity index (χ3n) is 6.20. The summed E-state index contributed by atoms with van der Waals surface area (Å²) in [6.07, 6.45) is -4.54. The van der Waals surface area contributed by atoms with E-state index >= 15 is 0 Å². The largest absolute Gasteiger partial charge is 0.407 e. The summed E-state index contributed by atoms with van der Waals surface area (Å²) >= 11 is 0. The van der Waals surface area contributed by atoms with Gasteiger partial charge in [-0.05, 0) is 62.8 Å². The molecule has 2 atom stereocenters. The molecule has 5 nitrogen and oxygen atoms in total. The fraction of sp³-hybridized carbons (Fsp3) is 0.481. The highest BCUT2D eigenvalue weighted by Crippen LogP contribution is 2.40. The topological polar surface area (TPSA) is 85.2 Å². The van der Waals surface area contributed by atoms with Crippen molar-refractivity contribution in [2.75, 3.05) is 0 Å². The van der Waals surface area contributed by atoms with E-state index in [1.165, 1.54) is 32.0 Å². The Morgan fingerprint density at radius 2 is 1.64 bits per heavy atom. The van der Waals surface area contributed by atoms with Crippen LogP contribution in [0.2, 0.25) is 0 Å². The van der Waals surface area contributed by atoms with E-state index in [9.17, 15) is 32.7 Å². The van der Waals surface area contributed by atoms with Gasteiger partial charge >= 0.3 is 6.18 Å². The Kier molecular flexibility index (Phi) is 7.54. The predicted octanol–water partition coefficient (Wildman–Crippen LogP) is 5.45. The molecule has 0 aromatic heterocycles. The third-order valence-corrected chi connectivity index (χ3v) is 6.20. The molecule has 0 unspecified atom stereocenters. The molecule has 0 radical (unpaired) electrons. The van der Waals surface area contributed by atoms with E-state index in [1.807, 2.05) is 6.07 Å². The second-order valence-electron chi connectivity index (χ2n) is 10.5. The van der Waals surface area contributed by atoms with Crippen LogP contribution >= 0.6 is 0 Å². The first-order valence-electron chi connectivity index (χ1n) is 11.7. The maximum atomic E-state index is 14.6. The minimum absolute atomic E-state index is 0.128. The Balaban J connectivity index is 2.00. The highest BCUT2D eigenvalue weighted by molar-refractivity contribution is 5.83. The number of carbonyl (C=O) groups excluding carboxylic acids is 1. The van der Waals surface area contributed by atoms with Crippen LogP contribution in [0.3, 0.4) is 0 Å². The number of halogens is 4. The highest BCUT2D eigenvalue weighted by atomic mass is 19.4. The van der Waals surface area contributed by atoms with Crippen LogP contribution in [0.25, 0.3) is 11.1 Å². The lowest BCUT2D eigenvalue weighted by Gasteiger charge is -2.31. The Morgan fingerprint density at radius 3 is 2.11 bits per heavy atom. The normalized spacial score (nSPS) is 17.1. The number of hydrogen-bond acceptors (Lipinski definition) is 4. The standard InChI is InChI=1S/C27H31F4N3O2/c1-24(2,28)15-21(23(35)34-26(16-32)13-14-26)33-22(27(29,30)31)20-8-6-5-7-19(20)17-9-11-18(12-10-17)25(3,4)36/h5-12,21-22,33,36H,13-15H2,1-4H3,(H,34,35)/t21-,22-/m0/s1. The molecule has 0 aliphatic heterocycles. The van der Waals surface area contributed by atoms with Crippen molar-refractivity contribution < 1.29 is 27.5 Å². The number of hydrogen-bond donors (Lipinski definition) is 3. The summed E-state index contributed by atoms with van der Waals surface area (Å²) in [7, 11) is 0. The summed E-state index contributed by atoms with van der Waals surface area (Å²) in [5, 5.41) is 24.3. The molecule has 0 saturated heterocycles. The van der Waals surface area contributed by atoms with Gasteiger partial charge in [0.2, 0.25) is 5.91 Å². The number of amides is 1. The highest BCUT2D eigenvalue weighted by Gasteiger charge is 2.48. The van der Waals surface area contributed by atoms with Crippen molar-refractivity contribution in [2.45, 2.75) is 82.0 Å². The number of aliphatic hydroxyl groups is 1. The number of alkyl halides is 4. The quantitative estimate of drug-likeness (QED) is 0.396. The van der Waals surface area contributed by atoms with Gasteiger partial charge in [-0.3, -0.25) is 10.1 Å². The van der Waals surface area contributed by atoms with Gasteiger partial charge in [0, 0.05) is 6.42 Å². The van der Waals surface area contributed by atoms with Gasteiger partial charge in [-0.1, -0.05) is 48.5 Å². The summed E-state index contributed by atoms with van der Waals surface area (Å²) in [6.45, 7) is 5.59. The molecule has 1 saturated carbocycles. The van der Waals surface area contributed by atoms with Crippen molar-refractivity contribution in [3.63, 3.8) is 0 Å². The van der Waals surface area contributed by atoms with Crippen molar-refractivity contribution in [3.05, 3.63) is 59.7 Å². The summed E-state index contributed by atoms with van der Waals surface area (Å²) in [5.41, 5.74) is -2.92. The van der Waals surface area contributed by atoms with Gasteiger partial charge < -0.3 is 10.4 Å². The number of nitriles is 1. The summed E-state index contributed by atoms with van der Waals surface area (Å²) in [5.74, 6) is -0.846. The van der Waals surface area contributed by atoms with Crippen molar-refractivity contribution in [1.82, 2.24) is 10.6 Å². The molecule has 36 heavy (non-hydrogen) atoms. The fourth-order valence-corrected chi connectivity index (χ4v) is 4.06. The number of nitrogens with zero attached hydrogens (tertiary/aromatic N) is 1. The zero-order valence-corrected chi connectivity index (χ0v) is 20.7. The zero-order valence-electron chi connectivity index (χ0n) is 20.7. The van der Waals surface area contributed by atoms with Crippen molar-refractivity contribution >= 4 is 5.91 Å². The van der Waals surface area contributed by atoms with Gasteiger partial charge in [0.1, 0.15) is 17.2 Å². The van der Waals surface area contributed by atoms with Crippen LogP contribution in [-0.4, -0.2) is 34.4 Å². The van der Waals surface area contributed by atoms with E-state index in [4.69, 9.17) is 0 Å². The van der Waals surface area contributed by atoms with Crippen LogP contribution in [0.5, 0.6) is 0 Å². The van der Waals surface area contributed by atoms with Gasteiger partial charge in [-0.2, -0.15) is 18.4 Å². The number of carbonyl (C=O) groups is 1. The first kappa shape index (κ1) is 27.6. The van der Waals surface area contributed by atoms with Gasteiger partial charge in [0.05, 0.1) is 17.7 Å². The Bertz CT molecular complexity index is 1120. The molecule has 194 valence electrons. The lowest BCUT2D eigenvalue weighted by atomic mass is 9.90. The van der Waals surface area contributed by atoms with Crippen LogP contribution in [0, 0.1) is 11.3 Å². The lowest BCUT2D eigenvalue weighted by molar-refractivity contribution is -0.161. The van der Waals surface area contributed by atoms with Crippen LogP contribution < -0.4 is 10.6 Å². The molecule has 0 heterocycles. The van der Waals surface area contributed by atoms with E-state index < -0.39 is 47.4 Å². The number of rotatable bonds is 9. The molecule has 1 aliphatic carbocycles. The van der Waals surface area contributed by atoms with Crippen molar-refractivity contribution in [3.8, 4) is 17.2 Å². The van der Waals surface area contributed by atoms with Gasteiger partial charge in [0.15, 0.2) is 0 Å². The third kappa shape index (κ3) is 6.83. The van der Waals surface area contributed by atoms with Crippen LogP contribution in [0.4, 0.5) is 17.6 Å². The molecule has 9 heteroatoms. The predicted molar refractivity (Wildman–Crippen MR) is 128 cm³/mol. The molecule has 0 bridgehead atoms. The second kappa shape index (κ2) is 9.83. The summed E-state index contributed by atoms with van der Waals surface area (Å²) in [6, 6.07) is 10.6. The molecule has 2 aromatic rings. The van der Waals surface area contributed by atoms with Gasteiger partial charge in [0.25, 0.3) is 0 Å². The van der Waals surface area contributed by atoms with Crippen molar-refractivity contribution in [1.29, 1.82) is 5.26 Å². The number of nitrogens with one attached hydrogen (secondary N) is 2. The smallest absolute Gasteiger partial charge is 0.386 e. The maximum Gasteiger partial charge on any atom is 0.407 e. The Labute approximate surface area is 208 Å². The Hall–Kier alpha value is -2.96. The average molecular weight is 506 g/mol. The second-order valence-corrected chi connectivity index (χ2v) is 10.5. The number of benzene rings is 2. The van der Waals surface area contributed by atoms with Crippen molar-refractivity contribution in [2.24, 2.45) is 0 Å². The molecule has 1 aliphatic rings. The molecule has 1 amide bonds. The van der Waals surface area contributed by atoms with E-state index in [0.29, 0.717) is 24.0 Å². The van der Waals surface area contributed by atoms with Gasteiger partial charge in [-0.15, -0.1) is 0 Å². The molecular weight excluding hydrogens is 474 g/mol. The molecular formula is C27H31F4N3O2. The van der Waals surface area contributed by atoms with E-state index in [-0.39, 0.29) is 11.1 Å². The molecule has 0 spiro atoms. The summed E-state index contributed by atoms with van der Waals surface area (Å²) in [4.78, 5) is 12.9. The fourth-order valence-electron chi connectivity index (χ4n) is 4.06. The lowest BCUT2D eigenvalue weighted by Crippen LogP contribution is -2.53. The van der Waals surface area contributed by atoms with Crippen LogP contribution in [0.15, 0.2) is 48.5 Å². The van der Waals surface area contributed by atoms with Crippen LogP contribution in [0.1, 0.15) is 64.1 Å². The minimum atomic E-state index is -4.81. The first-order chi connectivity index (χ1) is 16.5. The van der Waals surface area contributed by atoms with E-state index in [2.05, 4.69) is 10.6 Å². The molecule has 3 N–H and O–H groups in total. The summed E-state index contributed by atoms with van der Waals surface area (Å²) < 4.78 is 57.8. The van der Waals surface area contributed by atoms with Gasteiger partial charge in [-0.25, -0.2) is 4.39 Å². The molecule has 3 rings (SSSR count). The maximum absolute atomic E-state index is 14.6. The van der Waals surface area contributed by atoms with E-state index in [1.54, 1.807) is 44.2 Å². The van der Waals surface area contributed by atoms with Crippen LogP contribution in [-0.2, 0) is 10.4 Å². The average Bonchev–Trinajstić information content (AvgIpc) is 3.54. The first-order valence-corrected chi connectivity index (χ1v) is 11.7. The Morgan fingerprint density at radius 1 is 1.06 bits per heavy atom. The molecule has 1 fully saturated rings. The SMILES string of the molecule is CC(C)(F)C[C@H](N[C@@H](c1ccccc1-c1ccc(C(C)(C)O)cc1)C(F)(F)F)C(=O)NC1(C#N)CC1. The molecule has 2 aromatic carbocycles. The van der Waals surface area contributed by atoms with E-state index in [0.717, 1.165) is 0 Å². The monoisotopic (exact) mass is 505 g/mol. The zero-order chi connectivity index (χ0) is 26.9. The minimum Gasteiger partial charge on any atom is -0.386 e.